The van der Waals surface area contributed by atoms with E-state index in [1.54, 1.807) is 12.3 Å². The highest BCUT2D eigenvalue weighted by Gasteiger charge is 2.77. The molecule has 2 aromatic heterocycles. The quantitative estimate of drug-likeness (QED) is 0.447. The lowest BCUT2D eigenvalue weighted by molar-refractivity contribution is -0.158. The number of nitrogens with zero attached hydrogens (tertiary/aromatic N) is 4. The van der Waals surface area contributed by atoms with Crippen molar-refractivity contribution in [3.63, 3.8) is 0 Å². The van der Waals surface area contributed by atoms with E-state index in [4.69, 9.17) is 5.73 Å². The molecular formula is C29H31N5O5. The molecule has 0 spiro atoms. The smallest absolute Gasteiger partial charge is 0.326 e. The fourth-order valence-corrected chi connectivity index (χ4v) is 7.63. The molecule has 6 rings (SSSR count). The van der Waals surface area contributed by atoms with Crippen LogP contribution in [0.5, 0.6) is 0 Å². The van der Waals surface area contributed by atoms with Crippen molar-refractivity contribution in [2.45, 2.75) is 69.5 Å². The number of aliphatic carboxylic acids is 1. The first kappa shape index (κ1) is 25.2. The van der Waals surface area contributed by atoms with Gasteiger partial charge in [0.15, 0.2) is 5.78 Å². The highest BCUT2D eigenvalue weighted by molar-refractivity contribution is 6.04. The van der Waals surface area contributed by atoms with E-state index in [0.717, 1.165) is 12.8 Å². The number of pyridine rings is 1. The first-order valence-corrected chi connectivity index (χ1v) is 13.4. The van der Waals surface area contributed by atoms with Gasteiger partial charge in [0, 0.05) is 18.5 Å². The van der Waals surface area contributed by atoms with Gasteiger partial charge in [0.05, 0.1) is 22.7 Å². The van der Waals surface area contributed by atoms with Gasteiger partial charge in [-0.15, -0.1) is 0 Å². The summed E-state index contributed by atoms with van der Waals surface area (Å²) in [5.74, 6) is -2.08. The molecule has 0 unspecified atom stereocenters. The van der Waals surface area contributed by atoms with E-state index < -0.39 is 34.8 Å². The molecule has 0 radical (unpaired) electrons. The minimum atomic E-state index is -1.09. The van der Waals surface area contributed by atoms with E-state index in [2.05, 4.69) is 22.2 Å². The van der Waals surface area contributed by atoms with Gasteiger partial charge in [0.25, 0.3) is 0 Å². The summed E-state index contributed by atoms with van der Waals surface area (Å²) in [6.07, 6.45) is 6.40. The predicted molar refractivity (Wildman–Crippen MR) is 141 cm³/mol. The third kappa shape index (κ3) is 3.68. The number of Topliss-reactive ketones (excluding diaryl/α,β-unsaturated/α-hetero) is 1. The lowest BCUT2D eigenvalue weighted by atomic mass is 9.62. The Labute approximate surface area is 225 Å². The van der Waals surface area contributed by atoms with Gasteiger partial charge >= 0.3 is 5.97 Å². The molecule has 3 N–H and O–H groups in total. The Balaban J connectivity index is 1.35. The minimum Gasteiger partial charge on any atom is -0.480 e. The van der Waals surface area contributed by atoms with Gasteiger partial charge in [0.1, 0.15) is 18.3 Å². The maximum atomic E-state index is 14.0. The lowest BCUT2D eigenvalue weighted by Gasteiger charge is -2.48. The number of carbonyl (C=O) groups excluding carboxylic acids is 3. The number of hydrogen-bond acceptors (Lipinski definition) is 6. The normalized spacial score (nSPS) is 29.7. The summed E-state index contributed by atoms with van der Waals surface area (Å²) in [5, 5.41) is 15.1. The molecule has 10 nitrogen and oxygen atoms in total. The highest BCUT2D eigenvalue weighted by atomic mass is 16.4. The van der Waals surface area contributed by atoms with Crippen LogP contribution in [0.4, 0.5) is 0 Å². The fourth-order valence-electron chi connectivity index (χ4n) is 7.63. The molecule has 3 heterocycles. The van der Waals surface area contributed by atoms with Gasteiger partial charge in [-0.3, -0.25) is 24.0 Å². The first-order chi connectivity index (χ1) is 18.7. The second-order valence-electron chi connectivity index (χ2n) is 11.3. The van der Waals surface area contributed by atoms with Crippen LogP contribution < -0.4 is 5.73 Å². The van der Waals surface area contributed by atoms with Crippen molar-refractivity contribution in [1.82, 2.24) is 19.7 Å². The third-order valence-electron chi connectivity index (χ3n) is 9.46. The van der Waals surface area contributed by atoms with Crippen LogP contribution >= 0.6 is 0 Å². The predicted octanol–water partition coefficient (Wildman–Crippen LogP) is 2.91. The number of likely N-dealkylation sites (tertiary alicyclic amines) is 1. The summed E-state index contributed by atoms with van der Waals surface area (Å²) >= 11 is 0. The molecule has 1 saturated heterocycles. The number of carboxylic acid groups (broad SMARTS) is 1. The van der Waals surface area contributed by atoms with E-state index in [0.29, 0.717) is 36.6 Å². The molecule has 202 valence electrons. The molecule has 2 saturated carbocycles. The van der Waals surface area contributed by atoms with E-state index in [-0.39, 0.29) is 29.9 Å². The molecule has 1 aromatic carbocycles. The number of rotatable bonds is 7. The van der Waals surface area contributed by atoms with Crippen molar-refractivity contribution in [2.75, 3.05) is 0 Å². The molecule has 1 aliphatic heterocycles. The molecule has 0 bridgehead atoms. The number of nitrogens with two attached hydrogens (primary N) is 1. The van der Waals surface area contributed by atoms with Crippen molar-refractivity contribution < 1.29 is 24.3 Å². The number of fused-ring (bicyclic) bond motifs is 2. The second kappa shape index (κ2) is 9.00. The highest BCUT2D eigenvalue weighted by Crippen LogP contribution is 2.70. The van der Waals surface area contributed by atoms with Crippen molar-refractivity contribution >= 4 is 34.5 Å². The Hall–Kier alpha value is -4.08. The Morgan fingerprint density at radius 2 is 1.82 bits per heavy atom. The SMILES string of the molecule is CC(=O)c1nn(CC(=O)N2[C@H](C(=O)O)C[C@H]3C[C@@]32C2(C(N)=O)CCC(c3ccccc3)CC2)c2cnccc12. The summed E-state index contributed by atoms with van der Waals surface area (Å²) in [6, 6.07) is 10.8. The number of benzene rings is 1. The molecule has 2 amide bonds. The van der Waals surface area contributed by atoms with Crippen molar-refractivity contribution in [2.24, 2.45) is 17.1 Å². The van der Waals surface area contributed by atoms with Crippen molar-refractivity contribution in [3.05, 3.63) is 60.0 Å². The Morgan fingerprint density at radius 3 is 2.46 bits per heavy atom. The molecule has 3 fully saturated rings. The van der Waals surface area contributed by atoms with Gasteiger partial charge in [-0.1, -0.05) is 30.3 Å². The van der Waals surface area contributed by atoms with Gasteiger partial charge < -0.3 is 15.7 Å². The van der Waals surface area contributed by atoms with E-state index in [1.807, 2.05) is 18.2 Å². The van der Waals surface area contributed by atoms with Crippen molar-refractivity contribution in [1.29, 1.82) is 0 Å². The number of piperidine rings is 1. The number of amides is 2. The molecule has 3 atom stereocenters. The molecule has 10 heteroatoms. The van der Waals surface area contributed by atoms with Gasteiger partial charge in [0.2, 0.25) is 11.8 Å². The fraction of sp³-hybridized carbons (Fsp3) is 0.448. The average molecular weight is 530 g/mol. The maximum Gasteiger partial charge on any atom is 0.326 e. The Morgan fingerprint density at radius 1 is 1.10 bits per heavy atom. The van der Waals surface area contributed by atoms with Crippen LogP contribution in [0.15, 0.2) is 48.8 Å². The van der Waals surface area contributed by atoms with Crippen molar-refractivity contribution in [3.8, 4) is 0 Å². The van der Waals surface area contributed by atoms with Crippen LogP contribution in [0, 0.1) is 11.3 Å². The monoisotopic (exact) mass is 529 g/mol. The molecule has 3 aliphatic rings. The van der Waals surface area contributed by atoms with Crippen LogP contribution in [0.2, 0.25) is 0 Å². The molecular weight excluding hydrogens is 498 g/mol. The maximum absolute atomic E-state index is 14.0. The summed E-state index contributed by atoms with van der Waals surface area (Å²) in [6.45, 7) is 1.14. The number of carboxylic acids is 1. The number of hydrogen-bond donors (Lipinski definition) is 2. The zero-order valence-electron chi connectivity index (χ0n) is 21.7. The summed E-state index contributed by atoms with van der Waals surface area (Å²) in [4.78, 5) is 57.5. The van der Waals surface area contributed by atoms with E-state index in [9.17, 15) is 24.3 Å². The zero-order valence-corrected chi connectivity index (χ0v) is 21.7. The standard InChI is InChI=1S/C29H31N5O5/c1-17(35)25-21-9-12-31-15-23(21)33(32-25)16-24(36)34-22(26(37)38)13-20-14-29(20,34)28(27(30)39)10-7-19(8-11-28)18-5-3-2-4-6-18/h2-6,9,12,15,19-20,22H,7-8,10-11,13-14,16H2,1H3,(H2,30,39)(H,37,38)/t19?,20-,22-,28?,29-/m0/s1. The molecule has 39 heavy (non-hydrogen) atoms. The van der Waals surface area contributed by atoms with Crippen LogP contribution in [0.1, 0.15) is 67.4 Å². The van der Waals surface area contributed by atoms with Crippen LogP contribution in [-0.4, -0.2) is 59.9 Å². The largest absolute Gasteiger partial charge is 0.480 e. The topological polar surface area (TPSA) is 148 Å². The second-order valence-corrected chi connectivity index (χ2v) is 11.3. The number of carbonyl (C=O) groups is 4. The molecule has 2 aliphatic carbocycles. The van der Waals surface area contributed by atoms with E-state index in [1.165, 1.54) is 28.3 Å². The lowest BCUT2D eigenvalue weighted by Crippen LogP contribution is -2.61. The Bertz CT molecular complexity index is 1490. The first-order valence-electron chi connectivity index (χ1n) is 13.4. The van der Waals surface area contributed by atoms with Crippen LogP contribution in [0.3, 0.4) is 0 Å². The van der Waals surface area contributed by atoms with Gasteiger partial charge in [-0.25, -0.2) is 4.79 Å². The number of ketones is 1. The van der Waals surface area contributed by atoms with E-state index >= 15 is 0 Å². The molecule has 3 aromatic rings. The van der Waals surface area contributed by atoms with Gasteiger partial charge in [-0.05, 0) is 62.0 Å². The summed E-state index contributed by atoms with van der Waals surface area (Å²) < 4.78 is 1.41. The summed E-state index contributed by atoms with van der Waals surface area (Å²) in [5.41, 5.74) is 6.16. The average Bonchev–Trinajstić information content (AvgIpc) is 3.37. The Kier molecular flexibility index (Phi) is 5.82. The van der Waals surface area contributed by atoms with Crippen LogP contribution in [-0.2, 0) is 20.9 Å². The zero-order chi connectivity index (χ0) is 27.5. The van der Waals surface area contributed by atoms with Gasteiger partial charge in [-0.2, -0.15) is 5.10 Å². The summed E-state index contributed by atoms with van der Waals surface area (Å²) in [7, 11) is 0. The number of primary amides is 1. The number of aromatic nitrogens is 3. The minimum absolute atomic E-state index is 0.105. The third-order valence-corrected chi connectivity index (χ3v) is 9.46. The van der Waals surface area contributed by atoms with Crippen LogP contribution in [0.25, 0.3) is 10.9 Å².